The summed E-state index contributed by atoms with van der Waals surface area (Å²) in [5.41, 5.74) is 5.27. The summed E-state index contributed by atoms with van der Waals surface area (Å²) >= 11 is 2.26. The Labute approximate surface area is 113 Å². The van der Waals surface area contributed by atoms with Crippen LogP contribution >= 0.6 is 0 Å². The minimum absolute atomic E-state index is 0.00691. The molecule has 1 amide bonds. The molecule has 0 bridgehead atoms. The number of hydrogen-bond acceptors (Lipinski definition) is 4. The van der Waals surface area contributed by atoms with Gasteiger partial charge in [0.05, 0.1) is 0 Å². The zero-order chi connectivity index (χ0) is 14.3. The fraction of sp³-hybridized carbons (Fsp3) is 0.700. The van der Waals surface area contributed by atoms with Gasteiger partial charge >= 0.3 is 113 Å². The molecule has 4 N–H and O–H groups in total. The van der Waals surface area contributed by atoms with Crippen LogP contribution in [-0.4, -0.2) is 68.1 Å². The maximum absolute atomic E-state index is 11.7. The molecular weight excluding hydrogens is 307 g/mol. The Balaban J connectivity index is 4.39. The molecule has 8 heteroatoms. The first kappa shape index (κ1) is 16.9. The molecule has 2 atom stereocenters. The van der Waals surface area contributed by atoms with Crippen molar-refractivity contribution in [2.45, 2.75) is 36.7 Å². The Kier molecular flexibility index (Phi) is 7.57. The molecule has 0 fully saturated rings. The van der Waals surface area contributed by atoms with Crippen molar-refractivity contribution in [3.05, 3.63) is 0 Å². The number of rotatable bonds is 8. The number of carbonyl (C=O) groups excluding carboxylic acids is 1. The summed E-state index contributed by atoms with van der Waals surface area (Å²) < 4.78 is 0. The Morgan fingerprint density at radius 1 is 1.22 bits per heavy atom. The van der Waals surface area contributed by atoms with Gasteiger partial charge in [-0.1, -0.05) is 0 Å². The number of carbonyl (C=O) groups is 3. The van der Waals surface area contributed by atoms with Crippen LogP contribution in [0.15, 0.2) is 0 Å². The molecule has 0 aromatic carbocycles. The number of nitrogens with zero attached hydrogens (tertiary/aromatic N) is 1. The normalized spacial score (nSPS) is 13.7. The molecule has 18 heavy (non-hydrogen) atoms. The molecule has 0 saturated heterocycles. The quantitative estimate of drug-likeness (QED) is 0.482. The number of nitrogens with two attached hydrogens (primary N) is 1. The summed E-state index contributed by atoms with van der Waals surface area (Å²) in [6.07, 6.45) is 0.252. The molecule has 0 aromatic heterocycles. The van der Waals surface area contributed by atoms with Crippen LogP contribution in [0.2, 0.25) is 5.32 Å². The van der Waals surface area contributed by atoms with E-state index in [-0.39, 0.29) is 12.8 Å². The van der Waals surface area contributed by atoms with Crippen LogP contribution in [-0.2, 0) is 14.4 Å². The third kappa shape index (κ3) is 5.48. The van der Waals surface area contributed by atoms with Crippen molar-refractivity contribution in [2.24, 2.45) is 5.73 Å². The van der Waals surface area contributed by atoms with Gasteiger partial charge in [-0.25, -0.2) is 0 Å². The van der Waals surface area contributed by atoms with Crippen LogP contribution < -0.4 is 5.73 Å². The molecule has 0 aliphatic rings. The fourth-order valence-corrected chi connectivity index (χ4v) is 1.87. The zero-order valence-corrected chi connectivity index (χ0v) is 12.0. The van der Waals surface area contributed by atoms with Crippen molar-refractivity contribution in [3.63, 3.8) is 0 Å². The van der Waals surface area contributed by atoms with Crippen molar-refractivity contribution in [3.8, 4) is 0 Å². The second-order valence-corrected chi connectivity index (χ2v) is 4.79. The van der Waals surface area contributed by atoms with E-state index in [0.717, 1.165) is 4.90 Å². The summed E-state index contributed by atoms with van der Waals surface area (Å²) in [4.78, 5) is 34.3. The van der Waals surface area contributed by atoms with Gasteiger partial charge in [-0.3, -0.25) is 0 Å². The SMILES string of the molecule is CN(C(=O)CCC(N)C(=O)O)C(CC[SeH])C(=O)O. The van der Waals surface area contributed by atoms with Gasteiger partial charge in [0, 0.05) is 0 Å². The van der Waals surface area contributed by atoms with Crippen molar-refractivity contribution >= 4 is 33.9 Å². The number of aliphatic carboxylic acids is 2. The molecule has 2 unspecified atom stereocenters. The van der Waals surface area contributed by atoms with Gasteiger partial charge in [-0.05, 0) is 0 Å². The van der Waals surface area contributed by atoms with E-state index in [9.17, 15) is 14.4 Å². The molecule has 0 rings (SSSR count). The van der Waals surface area contributed by atoms with Gasteiger partial charge in [0.1, 0.15) is 0 Å². The summed E-state index contributed by atoms with van der Waals surface area (Å²) in [5.74, 6) is -2.66. The van der Waals surface area contributed by atoms with Crippen molar-refractivity contribution in [1.82, 2.24) is 4.90 Å². The molecule has 104 valence electrons. The average molecular weight is 325 g/mol. The van der Waals surface area contributed by atoms with Crippen LogP contribution in [0.25, 0.3) is 0 Å². The first-order chi connectivity index (χ1) is 8.31. The predicted octanol–water partition coefficient (Wildman–Crippen LogP) is -1.20. The van der Waals surface area contributed by atoms with Crippen molar-refractivity contribution < 1.29 is 24.6 Å². The first-order valence-corrected chi connectivity index (χ1v) is 6.71. The second kappa shape index (κ2) is 8.07. The first-order valence-electron chi connectivity index (χ1n) is 5.39. The van der Waals surface area contributed by atoms with Gasteiger partial charge in [0.25, 0.3) is 0 Å². The molecule has 7 nitrogen and oxygen atoms in total. The maximum atomic E-state index is 11.7. The predicted molar refractivity (Wildman–Crippen MR) is 65.6 cm³/mol. The van der Waals surface area contributed by atoms with Crippen LogP contribution in [0.3, 0.4) is 0 Å². The minimum atomic E-state index is -1.17. The van der Waals surface area contributed by atoms with Crippen LogP contribution in [0.5, 0.6) is 0 Å². The van der Waals surface area contributed by atoms with E-state index in [0.29, 0.717) is 11.7 Å². The van der Waals surface area contributed by atoms with Gasteiger partial charge in [0.2, 0.25) is 0 Å². The van der Waals surface area contributed by atoms with E-state index in [1.807, 2.05) is 0 Å². The third-order valence-electron chi connectivity index (χ3n) is 2.53. The number of hydrogen-bond donors (Lipinski definition) is 3. The van der Waals surface area contributed by atoms with Gasteiger partial charge < -0.3 is 0 Å². The molecule has 0 radical (unpaired) electrons. The monoisotopic (exact) mass is 326 g/mol. The molecular formula is C10H18N2O5Se. The van der Waals surface area contributed by atoms with Crippen LogP contribution in [0.4, 0.5) is 0 Å². The van der Waals surface area contributed by atoms with Gasteiger partial charge in [-0.15, -0.1) is 0 Å². The molecule has 0 aromatic rings. The Morgan fingerprint density at radius 3 is 2.17 bits per heavy atom. The van der Waals surface area contributed by atoms with E-state index in [1.54, 1.807) is 0 Å². The molecule has 0 aliphatic heterocycles. The van der Waals surface area contributed by atoms with E-state index in [4.69, 9.17) is 15.9 Å². The van der Waals surface area contributed by atoms with E-state index < -0.39 is 29.9 Å². The third-order valence-corrected chi connectivity index (χ3v) is 3.08. The molecule has 0 aliphatic carbocycles. The molecule has 0 heterocycles. The van der Waals surface area contributed by atoms with Crippen molar-refractivity contribution in [1.29, 1.82) is 0 Å². The van der Waals surface area contributed by atoms with Crippen LogP contribution in [0.1, 0.15) is 19.3 Å². The van der Waals surface area contributed by atoms with E-state index >= 15 is 0 Å². The average Bonchev–Trinajstić information content (AvgIpc) is 2.30. The summed E-state index contributed by atoms with van der Waals surface area (Å²) in [6.45, 7) is 0. The Morgan fingerprint density at radius 2 is 1.78 bits per heavy atom. The van der Waals surface area contributed by atoms with E-state index in [1.165, 1.54) is 7.05 Å². The second-order valence-electron chi connectivity index (χ2n) is 3.85. The van der Waals surface area contributed by atoms with E-state index in [2.05, 4.69) is 16.0 Å². The number of carboxylic acid groups (broad SMARTS) is 2. The fourth-order valence-electron chi connectivity index (χ4n) is 1.36. The summed E-state index contributed by atoms with van der Waals surface area (Å²) in [7, 11) is 1.40. The molecule has 0 saturated carbocycles. The Hall–Kier alpha value is -1.11. The van der Waals surface area contributed by atoms with Crippen LogP contribution in [0, 0.1) is 0 Å². The Bertz CT molecular complexity index is 323. The van der Waals surface area contributed by atoms with Crippen molar-refractivity contribution in [2.75, 3.05) is 7.05 Å². The van der Waals surface area contributed by atoms with Gasteiger partial charge in [-0.2, -0.15) is 0 Å². The number of likely N-dealkylation sites (N-methyl/N-ethyl adjacent to an activating group) is 1. The standard InChI is InChI=1S/C10H18N2O5Se/c1-12(7(4-5-18)10(16)17)8(13)3-2-6(11)9(14)15/h6-7,18H,2-5,11H2,1H3,(H,14,15)(H,16,17). The molecule has 0 spiro atoms. The topological polar surface area (TPSA) is 121 Å². The van der Waals surface area contributed by atoms with Gasteiger partial charge in [0.15, 0.2) is 0 Å². The summed E-state index contributed by atoms with van der Waals surface area (Å²) in [5, 5.41) is 18.1. The number of amides is 1. The number of carboxylic acids is 2. The zero-order valence-electron chi connectivity index (χ0n) is 10.1. The summed E-state index contributed by atoms with van der Waals surface area (Å²) in [6, 6.07) is -1.99.